The van der Waals surface area contributed by atoms with Gasteiger partial charge in [-0.3, -0.25) is 4.79 Å². The number of quaternary nitrogens is 1. The van der Waals surface area contributed by atoms with Crippen molar-refractivity contribution in [2.24, 2.45) is 11.8 Å². The van der Waals surface area contributed by atoms with E-state index < -0.39 is 10.0 Å². The van der Waals surface area contributed by atoms with Crippen LogP contribution >= 0.6 is 0 Å². The molecule has 1 aliphatic heterocycles. The number of piperazine rings is 1. The maximum atomic E-state index is 12.8. The summed E-state index contributed by atoms with van der Waals surface area (Å²) >= 11 is 0. The standard InChI is InChI=1S/C21H33N3O3S/c1-16-7-9-19(10-8-16)28(26,27)24-13-11-23(12-14-24)15-21(25)22-20-6-4-5-17(2)18(20)3/h7-10,17-18,20H,4-6,11-15H2,1-3H3,(H,22,25)/p+1/t17-,18+,20+/m0/s1. The summed E-state index contributed by atoms with van der Waals surface area (Å²) in [5.74, 6) is 1.27. The topological polar surface area (TPSA) is 70.9 Å². The number of carbonyl (C=O) groups is 1. The lowest BCUT2D eigenvalue weighted by Crippen LogP contribution is -3.15. The lowest BCUT2D eigenvalue weighted by molar-refractivity contribution is -0.895. The quantitative estimate of drug-likeness (QED) is 0.758. The van der Waals surface area contributed by atoms with Crippen molar-refractivity contribution < 1.29 is 18.1 Å². The van der Waals surface area contributed by atoms with Crippen LogP contribution in [0.25, 0.3) is 0 Å². The third-order valence-corrected chi connectivity index (χ3v) is 8.46. The number of benzene rings is 1. The number of hydrogen-bond donors (Lipinski definition) is 2. The minimum atomic E-state index is -3.45. The Balaban J connectivity index is 1.50. The molecule has 2 fully saturated rings. The van der Waals surface area contributed by atoms with Gasteiger partial charge in [0.2, 0.25) is 10.0 Å². The Hall–Kier alpha value is -1.44. The summed E-state index contributed by atoms with van der Waals surface area (Å²) in [5.41, 5.74) is 1.04. The molecule has 0 unspecified atom stereocenters. The molecular weight excluding hydrogens is 374 g/mol. The van der Waals surface area contributed by atoms with E-state index in [1.165, 1.54) is 12.8 Å². The number of rotatable bonds is 5. The molecule has 2 aliphatic rings. The molecule has 6 nitrogen and oxygen atoms in total. The van der Waals surface area contributed by atoms with Gasteiger partial charge in [0, 0.05) is 6.04 Å². The van der Waals surface area contributed by atoms with Crippen LogP contribution in [0.2, 0.25) is 0 Å². The van der Waals surface area contributed by atoms with Gasteiger partial charge in [0.15, 0.2) is 6.54 Å². The molecule has 3 rings (SSSR count). The maximum Gasteiger partial charge on any atom is 0.275 e. The summed E-state index contributed by atoms with van der Waals surface area (Å²) in [6.07, 6.45) is 3.49. The number of aryl methyl sites for hydroxylation is 1. The minimum absolute atomic E-state index is 0.0933. The van der Waals surface area contributed by atoms with Crippen molar-refractivity contribution in [1.82, 2.24) is 9.62 Å². The Morgan fingerprint density at radius 3 is 2.43 bits per heavy atom. The van der Waals surface area contributed by atoms with E-state index in [1.807, 2.05) is 19.1 Å². The van der Waals surface area contributed by atoms with Crippen LogP contribution in [-0.4, -0.2) is 57.4 Å². The Bertz CT molecular complexity index is 771. The number of sulfonamides is 1. The number of nitrogens with one attached hydrogen (secondary N) is 2. The SMILES string of the molecule is Cc1ccc(S(=O)(=O)N2CC[NH+](CC(=O)N[C@@H]3CCC[C@H](C)[C@H]3C)CC2)cc1. The van der Waals surface area contributed by atoms with Crippen LogP contribution in [0.4, 0.5) is 0 Å². The molecule has 3 atom stereocenters. The van der Waals surface area contributed by atoms with Crippen LogP contribution in [0, 0.1) is 18.8 Å². The number of amides is 1. The lowest BCUT2D eigenvalue weighted by atomic mass is 9.78. The molecule has 1 amide bonds. The van der Waals surface area contributed by atoms with Crippen molar-refractivity contribution in [3.05, 3.63) is 29.8 Å². The summed E-state index contributed by atoms with van der Waals surface area (Å²) in [6, 6.07) is 7.27. The highest BCUT2D eigenvalue weighted by atomic mass is 32.2. The number of hydrogen-bond acceptors (Lipinski definition) is 3. The predicted octanol–water partition coefficient (Wildman–Crippen LogP) is 0.825. The van der Waals surface area contributed by atoms with E-state index in [2.05, 4.69) is 19.2 Å². The summed E-state index contributed by atoms with van der Waals surface area (Å²) < 4.78 is 27.1. The zero-order valence-corrected chi connectivity index (χ0v) is 18.1. The molecule has 1 heterocycles. The van der Waals surface area contributed by atoms with Crippen molar-refractivity contribution >= 4 is 15.9 Å². The molecule has 0 aromatic heterocycles. The van der Waals surface area contributed by atoms with E-state index in [-0.39, 0.29) is 11.9 Å². The van der Waals surface area contributed by atoms with Crippen LogP contribution in [-0.2, 0) is 14.8 Å². The molecule has 0 bridgehead atoms. The van der Waals surface area contributed by atoms with Gasteiger partial charge in [-0.2, -0.15) is 4.31 Å². The van der Waals surface area contributed by atoms with Gasteiger partial charge in [0.25, 0.3) is 5.91 Å². The second-order valence-electron chi connectivity index (χ2n) is 8.59. The lowest BCUT2D eigenvalue weighted by Gasteiger charge is -2.35. The van der Waals surface area contributed by atoms with E-state index in [1.54, 1.807) is 16.4 Å². The van der Waals surface area contributed by atoms with Crippen molar-refractivity contribution in [3.8, 4) is 0 Å². The van der Waals surface area contributed by atoms with E-state index >= 15 is 0 Å². The van der Waals surface area contributed by atoms with Crippen molar-refractivity contribution in [1.29, 1.82) is 0 Å². The average Bonchev–Trinajstić information content (AvgIpc) is 2.66. The van der Waals surface area contributed by atoms with Crippen LogP contribution in [0.5, 0.6) is 0 Å². The van der Waals surface area contributed by atoms with E-state index in [4.69, 9.17) is 0 Å². The summed E-state index contributed by atoms with van der Waals surface area (Å²) in [6.45, 7) is 9.10. The smallest absolute Gasteiger partial charge is 0.275 e. The molecule has 1 saturated heterocycles. The molecule has 1 saturated carbocycles. The molecule has 0 radical (unpaired) electrons. The first kappa shape index (κ1) is 21.3. The third kappa shape index (κ3) is 4.93. The van der Waals surface area contributed by atoms with Gasteiger partial charge in [0.1, 0.15) is 0 Å². The fourth-order valence-corrected chi connectivity index (χ4v) is 5.79. The third-order valence-electron chi connectivity index (χ3n) is 6.55. The Labute approximate surface area is 169 Å². The molecule has 7 heteroatoms. The highest BCUT2D eigenvalue weighted by Crippen LogP contribution is 2.29. The highest BCUT2D eigenvalue weighted by molar-refractivity contribution is 7.89. The summed E-state index contributed by atoms with van der Waals surface area (Å²) in [5, 5.41) is 3.23. The second kappa shape index (κ2) is 8.93. The molecule has 2 N–H and O–H groups in total. The van der Waals surface area contributed by atoms with Crippen LogP contribution < -0.4 is 10.2 Å². The Morgan fingerprint density at radius 1 is 1.14 bits per heavy atom. The Kier molecular flexibility index (Phi) is 6.78. The van der Waals surface area contributed by atoms with Crippen molar-refractivity contribution in [3.63, 3.8) is 0 Å². The predicted molar refractivity (Wildman–Crippen MR) is 110 cm³/mol. The zero-order chi connectivity index (χ0) is 20.3. The first-order chi connectivity index (χ1) is 13.3. The molecule has 0 spiro atoms. The van der Waals surface area contributed by atoms with Gasteiger partial charge >= 0.3 is 0 Å². The van der Waals surface area contributed by atoms with Gasteiger partial charge < -0.3 is 10.2 Å². The first-order valence-corrected chi connectivity index (χ1v) is 11.9. The zero-order valence-electron chi connectivity index (χ0n) is 17.3. The molecule has 1 aromatic rings. The molecule has 1 aliphatic carbocycles. The van der Waals surface area contributed by atoms with Gasteiger partial charge in [-0.25, -0.2) is 8.42 Å². The number of nitrogens with zero attached hydrogens (tertiary/aromatic N) is 1. The fraction of sp³-hybridized carbons (Fsp3) is 0.667. The molecule has 156 valence electrons. The van der Waals surface area contributed by atoms with Crippen LogP contribution in [0.1, 0.15) is 38.7 Å². The van der Waals surface area contributed by atoms with Gasteiger partial charge in [0.05, 0.1) is 31.1 Å². The molecule has 1 aromatic carbocycles. The van der Waals surface area contributed by atoms with E-state index in [9.17, 15) is 13.2 Å². The second-order valence-corrected chi connectivity index (χ2v) is 10.5. The summed E-state index contributed by atoms with van der Waals surface area (Å²) in [4.78, 5) is 14.0. The molecular formula is C21H34N3O3S+. The normalized spacial score (nSPS) is 27.5. The van der Waals surface area contributed by atoms with E-state index in [0.717, 1.165) is 16.9 Å². The Morgan fingerprint density at radius 2 is 1.79 bits per heavy atom. The molecule has 28 heavy (non-hydrogen) atoms. The van der Waals surface area contributed by atoms with Gasteiger partial charge in [-0.05, 0) is 37.3 Å². The van der Waals surface area contributed by atoms with Gasteiger partial charge in [-0.15, -0.1) is 0 Å². The van der Waals surface area contributed by atoms with Crippen molar-refractivity contribution in [2.75, 3.05) is 32.7 Å². The fourth-order valence-electron chi connectivity index (χ4n) is 4.35. The van der Waals surface area contributed by atoms with Crippen LogP contribution in [0.15, 0.2) is 29.2 Å². The summed E-state index contributed by atoms with van der Waals surface area (Å²) in [7, 11) is -3.45. The van der Waals surface area contributed by atoms with Crippen LogP contribution in [0.3, 0.4) is 0 Å². The largest absolute Gasteiger partial charge is 0.348 e. The monoisotopic (exact) mass is 408 g/mol. The van der Waals surface area contributed by atoms with E-state index in [0.29, 0.717) is 49.5 Å². The number of carbonyl (C=O) groups excluding carboxylic acids is 1. The average molecular weight is 409 g/mol. The minimum Gasteiger partial charge on any atom is -0.348 e. The maximum absolute atomic E-state index is 12.8. The van der Waals surface area contributed by atoms with Crippen molar-refractivity contribution in [2.45, 2.75) is 51.0 Å². The van der Waals surface area contributed by atoms with Gasteiger partial charge in [-0.1, -0.05) is 44.4 Å². The first-order valence-electron chi connectivity index (χ1n) is 10.5. The highest BCUT2D eigenvalue weighted by Gasteiger charge is 2.32.